The van der Waals surface area contributed by atoms with E-state index in [4.69, 9.17) is 4.74 Å². The monoisotopic (exact) mass is 268 g/mol. The molecule has 0 amide bonds. The minimum absolute atomic E-state index is 0.0147. The summed E-state index contributed by atoms with van der Waals surface area (Å²) >= 11 is 0. The van der Waals surface area contributed by atoms with Crippen molar-refractivity contribution >= 4 is 17.5 Å². The number of hydrogen-bond acceptors (Lipinski definition) is 5. The normalized spacial score (nSPS) is 11.0. The molecular weight excluding hydrogens is 255 g/mol. The minimum Gasteiger partial charge on any atom is -0.507 e. The summed E-state index contributed by atoms with van der Waals surface area (Å²) in [6.45, 7) is 2.02. The second-order valence-corrected chi connectivity index (χ2v) is 3.46. The van der Waals surface area contributed by atoms with Gasteiger partial charge in [-0.15, -0.1) is 0 Å². The molecule has 0 unspecified atom stereocenters. The van der Waals surface area contributed by atoms with Gasteiger partial charge in [0, 0.05) is 6.08 Å². The van der Waals surface area contributed by atoms with Crippen molar-refractivity contribution < 1.29 is 28.6 Å². The molecule has 0 aromatic heterocycles. The molecule has 0 fully saturated rings. The zero-order valence-electron chi connectivity index (χ0n) is 10.5. The largest absolute Gasteiger partial charge is 0.507 e. The molecule has 19 heavy (non-hydrogen) atoms. The second kappa shape index (κ2) is 6.53. The number of benzene rings is 1. The van der Waals surface area contributed by atoms with E-state index < -0.39 is 23.3 Å². The van der Waals surface area contributed by atoms with Gasteiger partial charge in [-0.25, -0.2) is 9.18 Å². The molecule has 6 heteroatoms. The maximum absolute atomic E-state index is 13.1. The molecular formula is C13H13FO5. The first kappa shape index (κ1) is 14.7. The van der Waals surface area contributed by atoms with Crippen molar-refractivity contribution in [2.45, 2.75) is 6.92 Å². The first-order valence-electron chi connectivity index (χ1n) is 5.45. The van der Waals surface area contributed by atoms with Crippen LogP contribution in [0.25, 0.3) is 5.76 Å². The molecule has 5 nitrogen and oxygen atoms in total. The van der Waals surface area contributed by atoms with Crippen LogP contribution in [-0.4, -0.2) is 30.6 Å². The molecule has 0 atom stereocenters. The fourth-order valence-electron chi connectivity index (χ4n) is 1.35. The Morgan fingerprint density at radius 2 is 2.11 bits per heavy atom. The summed E-state index contributed by atoms with van der Waals surface area (Å²) in [5.41, 5.74) is -0.0147. The van der Waals surface area contributed by atoms with Gasteiger partial charge in [-0.3, -0.25) is 4.79 Å². The van der Waals surface area contributed by atoms with Crippen LogP contribution in [0.2, 0.25) is 0 Å². The molecule has 0 saturated carbocycles. The van der Waals surface area contributed by atoms with Crippen molar-refractivity contribution in [1.82, 2.24) is 0 Å². The van der Waals surface area contributed by atoms with Crippen LogP contribution in [-0.2, 0) is 14.3 Å². The topological polar surface area (TPSA) is 72.8 Å². The van der Waals surface area contributed by atoms with E-state index in [9.17, 15) is 19.1 Å². The van der Waals surface area contributed by atoms with E-state index in [2.05, 4.69) is 4.74 Å². The van der Waals surface area contributed by atoms with Gasteiger partial charge < -0.3 is 14.6 Å². The Bertz CT molecular complexity index is 522. The van der Waals surface area contributed by atoms with Crippen LogP contribution in [0.1, 0.15) is 12.5 Å². The number of esters is 1. The summed E-state index contributed by atoms with van der Waals surface area (Å²) in [5.74, 6) is -3.15. The van der Waals surface area contributed by atoms with Gasteiger partial charge in [-0.2, -0.15) is 0 Å². The summed E-state index contributed by atoms with van der Waals surface area (Å²) in [4.78, 5) is 22.2. The molecule has 102 valence electrons. The molecule has 0 spiro atoms. The van der Waals surface area contributed by atoms with E-state index in [1.807, 2.05) is 0 Å². The average Bonchev–Trinajstić information content (AvgIpc) is 2.39. The van der Waals surface area contributed by atoms with E-state index in [0.717, 1.165) is 19.2 Å². The molecule has 0 aliphatic carbocycles. The summed E-state index contributed by atoms with van der Waals surface area (Å²) < 4.78 is 22.5. The van der Waals surface area contributed by atoms with Crippen LogP contribution in [0.4, 0.5) is 4.39 Å². The minimum atomic E-state index is -1.12. The molecule has 0 heterocycles. The Hall–Kier alpha value is -2.37. The first-order chi connectivity index (χ1) is 8.99. The van der Waals surface area contributed by atoms with Crippen molar-refractivity contribution in [3.63, 3.8) is 0 Å². The summed E-state index contributed by atoms with van der Waals surface area (Å²) in [7, 11) is 1.04. The van der Waals surface area contributed by atoms with Crippen LogP contribution in [0, 0.1) is 5.82 Å². The molecule has 0 aliphatic heterocycles. The number of carbonyl (C=O) groups excluding carboxylic acids is 2. The molecule has 0 saturated heterocycles. The molecule has 1 rings (SSSR count). The van der Waals surface area contributed by atoms with Gasteiger partial charge >= 0.3 is 5.97 Å². The van der Waals surface area contributed by atoms with E-state index in [0.29, 0.717) is 12.7 Å². The molecule has 0 radical (unpaired) electrons. The lowest BCUT2D eigenvalue weighted by atomic mass is 10.1. The Kier molecular flexibility index (Phi) is 5.05. The van der Waals surface area contributed by atoms with Gasteiger partial charge in [0.1, 0.15) is 17.3 Å². The van der Waals surface area contributed by atoms with Crippen molar-refractivity contribution in [3.05, 3.63) is 35.7 Å². The number of ether oxygens (including phenoxy) is 2. The number of aliphatic hydroxyl groups is 1. The summed E-state index contributed by atoms with van der Waals surface area (Å²) in [6.07, 6.45) is 0.656. The molecule has 1 aromatic carbocycles. The van der Waals surface area contributed by atoms with Crippen molar-refractivity contribution in [2.24, 2.45) is 0 Å². The number of halogens is 1. The third kappa shape index (κ3) is 3.80. The summed E-state index contributed by atoms with van der Waals surface area (Å²) in [5, 5.41) is 9.75. The van der Waals surface area contributed by atoms with Crippen LogP contribution < -0.4 is 4.74 Å². The SMILES string of the molecule is CCOc1ccc(F)cc1/C(O)=C\C(=O)C(=O)OC. The van der Waals surface area contributed by atoms with Gasteiger partial charge in [-0.05, 0) is 25.1 Å². The Morgan fingerprint density at radius 3 is 2.68 bits per heavy atom. The van der Waals surface area contributed by atoms with Crippen LogP contribution in [0.15, 0.2) is 24.3 Å². The zero-order chi connectivity index (χ0) is 14.4. The van der Waals surface area contributed by atoms with E-state index >= 15 is 0 Å². The maximum Gasteiger partial charge on any atom is 0.378 e. The van der Waals surface area contributed by atoms with Crippen LogP contribution in [0.5, 0.6) is 5.75 Å². The number of methoxy groups -OCH3 is 1. The second-order valence-electron chi connectivity index (χ2n) is 3.46. The van der Waals surface area contributed by atoms with E-state index in [1.165, 1.54) is 6.07 Å². The van der Waals surface area contributed by atoms with Gasteiger partial charge in [0.25, 0.3) is 5.78 Å². The van der Waals surface area contributed by atoms with Crippen LogP contribution in [0.3, 0.4) is 0 Å². The standard InChI is InChI=1S/C13H13FO5/c1-3-19-12-5-4-8(14)6-9(12)10(15)7-11(16)13(17)18-2/h4-7,15H,3H2,1-2H3/b10-7+. The van der Waals surface area contributed by atoms with Gasteiger partial charge in [0.15, 0.2) is 0 Å². The predicted molar refractivity (Wildman–Crippen MR) is 65.2 cm³/mol. The van der Waals surface area contributed by atoms with Crippen molar-refractivity contribution in [1.29, 1.82) is 0 Å². The highest BCUT2D eigenvalue weighted by Crippen LogP contribution is 2.25. The van der Waals surface area contributed by atoms with E-state index in [1.54, 1.807) is 6.92 Å². The number of carbonyl (C=O) groups is 2. The lowest BCUT2D eigenvalue weighted by Crippen LogP contribution is -2.13. The fourth-order valence-corrected chi connectivity index (χ4v) is 1.35. The predicted octanol–water partition coefficient (Wildman–Crippen LogP) is 1.87. The summed E-state index contributed by atoms with van der Waals surface area (Å²) in [6, 6.07) is 3.48. The smallest absolute Gasteiger partial charge is 0.378 e. The third-order valence-electron chi connectivity index (χ3n) is 2.17. The van der Waals surface area contributed by atoms with Crippen LogP contribution >= 0.6 is 0 Å². The highest BCUT2D eigenvalue weighted by molar-refractivity contribution is 6.39. The maximum atomic E-state index is 13.1. The highest BCUT2D eigenvalue weighted by Gasteiger charge is 2.15. The quantitative estimate of drug-likeness (QED) is 0.382. The average molecular weight is 268 g/mol. The highest BCUT2D eigenvalue weighted by atomic mass is 19.1. The zero-order valence-corrected chi connectivity index (χ0v) is 10.5. The molecule has 1 aromatic rings. The van der Waals surface area contributed by atoms with Crippen molar-refractivity contribution in [3.8, 4) is 5.75 Å². The lowest BCUT2D eigenvalue weighted by molar-refractivity contribution is -0.149. The number of aliphatic hydroxyl groups excluding tert-OH is 1. The van der Waals surface area contributed by atoms with E-state index in [-0.39, 0.29) is 11.3 Å². The molecule has 1 N–H and O–H groups in total. The fraction of sp³-hybridized carbons (Fsp3) is 0.231. The lowest BCUT2D eigenvalue weighted by Gasteiger charge is -2.09. The Morgan fingerprint density at radius 1 is 1.42 bits per heavy atom. The molecule has 0 bridgehead atoms. The van der Waals surface area contributed by atoms with Gasteiger partial charge in [0.2, 0.25) is 0 Å². The van der Waals surface area contributed by atoms with Gasteiger partial charge in [-0.1, -0.05) is 0 Å². The number of rotatable bonds is 5. The van der Waals surface area contributed by atoms with Crippen molar-refractivity contribution in [2.75, 3.05) is 13.7 Å². The molecule has 0 aliphatic rings. The van der Waals surface area contributed by atoms with Gasteiger partial charge in [0.05, 0.1) is 19.3 Å². The number of hydrogen-bond donors (Lipinski definition) is 1. The third-order valence-corrected chi connectivity index (χ3v) is 2.17. The number of ketones is 1. The Balaban J connectivity index is 3.13. The Labute approximate surface area is 109 Å². The first-order valence-corrected chi connectivity index (χ1v) is 5.45.